The predicted octanol–water partition coefficient (Wildman–Crippen LogP) is 3.53. The Kier molecular flexibility index (Phi) is 3.51. The summed E-state index contributed by atoms with van der Waals surface area (Å²) in [6.45, 7) is 4.85. The molecule has 0 aliphatic carbocycles. The number of benzene rings is 1. The van der Waals surface area contributed by atoms with Crippen LogP contribution in [-0.4, -0.2) is 9.78 Å². The van der Waals surface area contributed by atoms with Gasteiger partial charge in [-0.05, 0) is 31.5 Å². The molecule has 21 heavy (non-hydrogen) atoms. The minimum atomic E-state index is -0.397. The Morgan fingerprint density at radius 2 is 2.24 bits per heavy atom. The summed E-state index contributed by atoms with van der Waals surface area (Å²) in [4.78, 5) is 0. The molecule has 0 spiro atoms. The molecule has 0 fully saturated rings. The molecule has 0 saturated carbocycles. The Bertz CT molecular complexity index is 775. The molecule has 0 bridgehead atoms. The van der Waals surface area contributed by atoms with Crippen molar-refractivity contribution in [2.75, 3.05) is 0 Å². The first-order valence-corrected chi connectivity index (χ1v) is 7.06. The van der Waals surface area contributed by atoms with E-state index in [9.17, 15) is 4.39 Å². The third kappa shape index (κ3) is 2.45. The van der Waals surface area contributed by atoms with Crippen molar-refractivity contribution in [2.24, 2.45) is 5.73 Å². The fraction of sp³-hybridized carbons (Fsp3) is 0.312. The highest BCUT2D eigenvalue weighted by Gasteiger charge is 2.20. The van der Waals surface area contributed by atoms with Crippen LogP contribution in [0.4, 0.5) is 4.39 Å². The topological polar surface area (TPSA) is 57.0 Å². The van der Waals surface area contributed by atoms with Crippen molar-refractivity contribution in [2.45, 2.75) is 32.9 Å². The number of aryl methyl sites for hydroxylation is 2. The van der Waals surface area contributed by atoms with E-state index in [0.717, 1.165) is 29.5 Å². The second-order valence-electron chi connectivity index (χ2n) is 5.25. The molecule has 110 valence electrons. The number of aromatic nitrogens is 2. The van der Waals surface area contributed by atoms with Gasteiger partial charge in [-0.2, -0.15) is 5.10 Å². The van der Waals surface area contributed by atoms with Gasteiger partial charge in [0.15, 0.2) is 0 Å². The highest BCUT2D eigenvalue weighted by molar-refractivity contribution is 5.82. The maximum absolute atomic E-state index is 13.4. The number of hydrogen-bond acceptors (Lipinski definition) is 3. The zero-order valence-corrected chi connectivity index (χ0v) is 12.1. The second kappa shape index (κ2) is 5.33. The van der Waals surface area contributed by atoms with Gasteiger partial charge < -0.3 is 10.2 Å². The first-order valence-electron chi connectivity index (χ1n) is 7.06. The fourth-order valence-corrected chi connectivity index (χ4v) is 2.55. The van der Waals surface area contributed by atoms with Crippen LogP contribution in [0, 0.1) is 12.7 Å². The number of furan rings is 1. The smallest absolute Gasteiger partial charge is 0.134 e. The molecule has 0 aliphatic rings. The van der Waals surface area contributed by atoms with Crippen LogP contribution in [0.2, 0.25) is 0 Å². The molecule has 2 aromatic heterocycles. The Balaban J connectivity index is 2.00. The minimum Gasteiger partial charge on any atom is -0.459 e. The summed E-state index contributed by atoms with van der Waals surface area (Å²) in [5, 5.41) is 5.05. The quantitative estimate of drug-likeness (QED) is 0.798. The van der Waals surface area contributed by atoms with E-state index in [4.69, 9.17) is 10.2 Å². The van der Waals surface area contributed by atoms with Gasteiger partial charge in [0.05, 0.1) is 12.2 Å². The third-order valence-electron chi connectivity index (χ3n) is 3.68. The molecule has 1 unspecified atom stereocenters. The van der Waals surface area contributed by atoms with Gasteiger partial charge in [0, 0.05) is 29.3 Å². The molecule has 0 aliphatic heterocycles. The van der Waals surface area contributed by atoms with Crippen LogP contribution in [0.5, 0.6) is 0 Å². The van der Waals surface area contributed by atoms with Crippen molar-refractivity contribution >= 4 is 11.0 Å². The molecule has 2 N–H and O–H groups in total. The Morgan fingerprint density at radius 3 is 3.00 bits per heavy atom. The zero-order chi connectivity index (χ0) is 15.0. The predicted molar refractivity (Wildman–Crippen MR) is 79.5 cm³/mol. The first-order chi connectivity index (χ1) is 10.1. The maximum atomic E-state index is 13.4. The van der Waals surface area contributed by atoms with Gasteiger partial charge in [0.2, 0.25) is 0 Å². The van der Waals surface area contributed by atoms with E-state index in [1.165, 1.54) is 12.1 Å². The number of nitrogens with two attached hydrogens (primary N) is 1. The van der Waals surface area contributed by atoms with E-state index in [1.54, 1.807) is 12.3 Å². The lowest BCUT2D eigenvalue weighted by Gasteiger charge is -2.07. The molecule has 3 rings (SSSR count). The van der Waals surface area contributed by atoms with Crippen molar-refractivity contribution in [3.05, 3.63) is 53.3 Å². The lowest BCUT2D eigenvalue weighted by Crippen LogP contribution is -2.11. The summed E-state index contributed by atoms with van der Waals surface area (Å²) < 4.78 is 21.0. The van der Waals surface area contributed by atoms with Gasteiger partial charge in [-0.15, -0.1) is 0 Å². The van der Waals surface area contributed by atoms with Crippen molar-refractivity contribution < 1.29 is 8.81 Å². The maximum Gasteiger partial charge on any atom is 0.134 e. The number of rotatable bonds is 4. The molecule has 4 nitrogen and oxygen atoms in total. The summed E-state index contributed by atoms with van der Waals surface area (Å²) in [5.74, 6) is 0.383. The highest BCUT2D eigenvalue weighted by atomic mass is 19.1. The van der Waals surface area contributed by atoms with E-state index in [0.29, 0.717) is 11.3 Å². The zero-order valence-electron chi connectivity index (χ0n) is 12.1. The van der Waals surface area contributed by atoms with Crippen molar-refractivity contribution in [1.29, 1.82) is 0 Å². The summed E-state index contributed by atoms with van der Waals surface area (Å²) >= 11 is 0. The van der Waals surface area contributed by atoms with E-state index >= 15 is 0 Å². The molecule has 2 heterocycles. The van der Waals surface area contributed by atoms with Gasteiger partial charge in [-0.3, -0.25) is 4.68 Å². The Labute approximate surface area is 122 Å². The molecule has 5 heteroatoms. The van der Waals surface area contributed by atoms with Crippen LogP contribution in [0.3, 0.4) is 0 Å². The van der Waals surface area contributed by atoms with Crippen molar-refractivity contribution in [3.63, 3.8) is 0 Å². The third-order valence-corrected chi connectivity index (χ3v) is 3.68. The SMILES string of the molecule is CCCn1cc(C(N)c2oc3ccc(F)cc3c2C)cn1. The van der Waals surface area contributed by atoms with E-state index in [2.05, 4.69) is 12.0 Å². The van der Waals surface area contributed by atoms with Crippen LogP contribution in [0.1, 0.15) is 36.3 Å². The average molecular weight is 287 g/mol. The lowest BCUT2D eigenvalue weighted by atomic mass is 10.0. The Morgan fingerprint density at radius 1 is 1.43 bits per heavy atom. The normalized spacial score (nSPS) is 13.0. The summed E-state index contributed by atoms with van der Waals surface area (Å²) in [5.41, 5.74) is 8.71. The molecular weight excluding hydrogens is 269 g/mol. The fourth-order valence-electron chi connectivity index (χ4n) is 2.55. The van der Waals surface area contributed by atoms with Crippen LogP contribution < -0.4 is 5.73 Å². The number of nitrogens with zero attached hydrogens (tertiary/aromatic N) is 2. The van der Waals surface area contributed by atoms with E-state index < -0.39 is 6.04 Å². The largest absolute Gasteiger partial charge is 0.459 e. The molecule has 1 atom stereocenters. The molecule has 0 amide bonds. The minimum absolute atomic E-state index is 0.276. The van der Waals surface area contributed by atoms with Gasteiger partial charge >= 0.3 is 0 Å². The summed E-state index contributed by atoms with van der Waals surface area (Å²) in [7, 11) is 0. The molecule has 3 aromatic rings. The first kappa shape index (κ1) is 13.8. The molecule has 0 saturated heterocycles. The van der Waals surface area contributed by atoms with E-state index in [-0.39, 0.29) is 5.82 Å². The number of hydrogen-bond donors (Lipinski definition) is 1. The van der Waals surface area contributed by atoms with Crippen molar-refractivity contribution in [1.82, 2.24) is 9.78 Å². The highest BCUT2D eigenvalue weighted by Crippen LogP contribution is 2.31. The number of fused-ring (bicyclic) bond motifs is 1. The average Bonchev–Trinajstić information content (AvgIpc) is 3.05. The van der Waals surface area contributed by atoms with Gasteiger partial charge in [0.1, 0.15) is 17.2 Å². The monoisotopic (exact) mass is 287 g/mol. The van der Waals surface area contributed by atoms with Gasteiger partial charge in [-0.25, -0.2) is 4.39 Å². The summed E-state index contributed by atoms with van der Waals surface area (Å²) in [6.07, 6.45) is 4.70. The summed E-state index contributed by atoms with van der Waals surface area (Å²) in [6, 6.07) is 4.10. The van der Waals surface area contributed by atoms with Crippen LogP contribution in [-0.2, 0) is 6.54 Å². The van der Waals surface area contributed by atoms with E-state index in [1.807, 2.05) is 17.8 Å². The van der Waals surface area contributed by atoms with Crippen LogP contribution >= 0.6 is 0 Å². The molecular formula is C16H18FN3O. The molecule has 0 radical (unpaired) electrons. The van der Waals surface area contributed by atoms with Gasteiger partial charge in [0.25, 0.3) is 0 Å². The number of halogens is 1. The molecule has 1 aromatic carbocycles. The van der Waals surface area contributed by atoms with Crippen molar-refractivity contribution in [3.8, 4) is 0 Å². The van der Waals surface area contributed by atoms with Crippen LogP contribution in [0.15, 0.2) is 35.0 Å². The van der Waals surface area contributed by atoms with Gasteiger partial charge in [-0.1, -0.05) is 6.92 Å². The lowest BCUT2D eigenvalue weighted by molar-refractivity contribution is 0.520. The standard InChI is InChI=1S/C16H18FN3O/c1-3-6-20-9-11(8-19-20)15(18)16-10(2)13-7-12(17)4-5-14(13)21-16/h4-5,7-9,15H,3,6,18H2,1-2H3. The second-order valence-corrected chi connectivity index (χ2v) is 5.25. The van der Waals surface area contributed by atoms with Crippen LogP contribution in [0.25, 0.3) is 11.0 Å². The Hall–Kier alpha value is -2.14.